The zero-order chi connectivity index (χ0) is 12.1. The highest BCUT2D eigenvalue weighted by atomic mass is 32.1. The lowest BCUT2D eigenvalue weighted by Gasteiger charge is -2.22. The summed E-state index contributed by atoms with van der Waals surface area (Å²) in [7, 11) is 0. The molecular weight excluding hydrogens is 244 g/mol. The number of aromatic hydroxyl groups is 1. The molecule has 18 heavy (non-hydrogen) atoms. The quantitative estimate of drug-likeness (QED) is 0.867. The van der Waals surface area contributed by atoms with Gasteiger partial charge in [0.25, 0.3) is 0 Å². The Morgan fingerprint density at radius 1 is 1.28 bits per heavy atom. The van der Waals surface area contributed by atoms with E-state index in [-0.39, 0.29) is 0 Å². The van der Waals surface area contributed by atoms with Crippen molar-refractivity contribution in [3.05, 3.63) is 18.2 Å². The van der Waals surface area contributed by atoms with Crippen LogP contribution < -0.4 is 5.32 Å². The van der Waals surface area contributed by atoms with Crippen molar-refractivity contribution in [2.75, 3.05) is 5.32 Å². The minimum atomic E-state index is 0.317. The van der Waals surface area contributed by atoms with Crippen LogP contribution in [0.2, 0.25) is 0 Å². The molecule has 94 valence electrons. The van der Waals surface area contributed by atoms with Crippen LogP contribution in [0.25, 0.3) is 10.2 Å². The van der Waals surface area contributed by atoms with Gasteiger partial charge in [0.1, 0.15) is 5.75 Å². The Morgan fingerprint density at radius 2 is 2.22 bits per heavy atom. The molecule has 2 bridgehead atoms. The molecule has 0 aliphatic heterocycles. The Hall–Kier alpha value is -1.29. The topological polar surface area (TPSA) is 45.2 Å². The second-order valence-electron chi connectivity index (χ2n) is 5.60. The third kappa shape index (κ3) is 1.67. The minimum absolute atomic E-state index is 0.317. The van der Waals surface area contributed by atoms with Gasteiger partial charge < -0.3 is 10.4 Å². The van der Waals surface area contributed by atoms with Gasteiger partial charge in [-0.25, -0.2) is 4.98 Å². The molecule has 0 spiro atoms. The van der Waals surface area contributed by atoms with Crippen molar-refractivity contribution < 1.29 is 5.11 Å². The molecule has 0 saturated heterocycles. The Balaban J connectivity index is 1.59. The maximum Gasteiger partial charge on any atom is 0.184 e. The molecule has 0 amide bonds. The van der Waals surface area contributed by atoms with Crippen LogP contribution in [-0.4, -0.2) is 16.1 Å². The van der Waals surface area contributed by atoms with E-state index in [9.17, 15) is 5.11 Å². The van der Waals surface area contributed by atoms with E-state index >= 15 is 0 Å². The van der Waals surface area contributed by atoms with Gasteiger partial charge in [0.15, 0.2) is 5.13 Å². The van der Waals surface area contributed by atoms with Crippen LogP contribution in [0.5, 0.6) is 5.75 Å². The van der Waals surface area contributed by atoms with Crippen LogP contribution in [-0.2, 0) is 0 Å². The Kier molecular flexibility index (Phi) is 2.27. The normalized spacial score (nSPS) is 30.1. The Bertz CT molecular complexity index is 594. The van der Waals surface area contributed by atoms with Crippen molar-refractivity contribution in [1.82, 2.24) is 4.98 Å². The van der Waals surface area contributed by atoms with Crippen LogP contribution in [0.15, 0.2) is 18.2 Å². The maximum absolute atomic E-state index is 9.47. The molecule has 2 fully saturated rings. The zero-order valence-electron chi connectivity index (χ0n) is 10.1. The summed E-state index contributed by atoms with van der Waals surface area (Å²) >= 11 is 1.64. The smallest absolute Gasteiger partial charge is 0.184 e. The van der Waals surface area contributed by atoms with Crippen LogP contribution in [0.3, 0.4) is 0 Å². The molecule has 3 nitrogen and oxygen atoms in total. The summed E-state index contributed by atoms with van der Waals surface area (Å²) in [6.07, 6.45) is 5.53. The van der Waals surface area contributed by atoms with Gasteiger partial charge in [-0.15, -0.1) is 0 Å². The number of nitrogens with one attached hydrogen (secondary N) is 1. The van der Waals surface area contributed by atoms with Crippen LogP contribution >= 0.6 is 11.3 Å². The van der Waals surface area contributed by atoms with Gasteiger partial charge in [0.05, 0.1) is 10.2 Å². The summed E-state index contributed by atoms with van der Waals surface area (Å²) in [6.45, 7) is 0. The fraction of sp³-hybridized carbons (Fsp3) is 0.500. The SMILES string of the molecule is Oc1ccc2nc(NC3CC4CCC3C4)sc2c1. The lowest BCUT2D eigenvalue weighted by Crippen LogP contribution is -2.25. The minimum Gasteiger partial charge on any atom is -0.508 e. The number of hydrogen-bond acceptors (Lipinski definition) is 4. The predicted molar refractivity (Wildman–Crippen MR) is 74.1 cm³/mol. The number of phenols is 1. The second kappa shape index (κ2) is 3.85. The average molecular weight is 260 g/mol. The first kappa shape index (κ1) is 10.6. The molecule has 4 rings (SSSR count). The number of benzene rings is 1. The van der Waals surface area contributed by atoms with Crippen molar-refractivity contribution in [2.24, 2.45) is 11.8 Å². The van der Waals surface area contributed by atoms with E-state index in [0.717, 1.165) is 27.2 Å². The first-order valence-electron chi connectivity index (χ1n) is 6.64. The van der Waals surface area contributed by atoms with E-state index in [2.05, 4.69) is 10.3 Å². The number of phenolic OH excluding ortho intramolecular Hbond substituents is 1. The van der Waals surface area contributed by atoms with E-state index in [4.69, 9.17) is 0 Å². The van der Waals surface area contributed by atoms with E-state index in [0.29, 0.717) is 11.8 Å². The highest BCUT2D eigenvalue weighted by molar-refractivity contribution is 7.22. The van der Waals surface area contributed by atoms with Crippen molar-refractivity contribution in [3.63, 3.8) is 0 Å². The molecule has 3 unspecified atom stereocenters. The van der Waals surface area contributed by atoms with Gasteiger partial charge in [-0.3, -0.25) is 0 Å². The van der Waals surface area contributed by atoms with Gasteiger partial charge in [-0.1, -0.05) is 17.8 Å². The molecule has 3 atom stereocenters. The van der Waals surface area contributed by atoms with Crippen LogP contribution in [0.4, 0.5) is 5.13 Å². The second-order valence-corrected chi connectivity index (χ2v) is 6.63. The molecule has 2 N–H and O–H groups in total. The number of fused-ring (bicyclic) bond motifs is 3. The molecule has 2 aliphatic rings. The zero-order valence-corrected chi connectivity index (χ0v) is 10.9. The molecule has 1 heterocycles. The standard InChI is InChI=1S/C14H16N2OS/c17-10-3-4-11-13(7-10)18-14(15-11)16-12-6-8-1-2-9(12)5-8/h3-4,7-9,12,17H,1-2,5-6H2,(H,15,16). The first-order valence-corrected chi connectivity index (χ1v) is 7.46. The summed E-state index contributed by atoms with van der Waals surface area (Å²) in [5, 5.41) is 14.1. The maximum atomic E-state index is 9.47. The molecule has 1 aromatic carbocycles. The molecule has 2 saturated carbocycles. The Morgan fingerprint density at radius 3 is 3.00 bits per heavy atom. The molecular formula is C14H16N2OS. The highest BCUT2D eigenvalue weighted by Crippen LogP contribution is 2.46. The van der Waals surface area contributed by atoms with Gasteiger partial charge in [-0.2, -0.15) is 0 Å². The van der Waals surface area contributed by atoms with Crippen LogP contribution in [0.1, 0.15) is 25.7 Å². The summed E-state index contributed by atoms with van der Waals surface area (Å²) in [5.74, 6) is 2.12. The van der Waals surface area contributed by atoms with Gasteiger partial charge in [0, 0.05) is 6.04 Å². The fourth-order valence-electron chi connectivity index (χ4n) is 3.56. The van der Waals surface area contributed by atoms with Crippen molar-refractivity contribution in [2.45, 2.75) is 31.7 Å². The third-order valence-electron chi connectivity index (χ3n) is 4.42. The number of anilines is 1. The largest absolute Gasteiger partial charge is 0.508 e. The van der Waals surface area contributed by atoms with E-state index in [1.54, 1.807) is 23.5 Å². The summed E-state index contributed by atoms with van der Waals surface area (Å²) in [6, 6.07) is 5.99. The Labute approximate surface area is 110 Å². The average Bonchev–Trinajstić information content (AvgIpc) is 3.02. The number of rotatable bonds is 2. The summed E-state index contributed by atoms with van der Waals surface area (Å²) in [4.78, 5) is 4.60. The van der Waals surface area contributed by atoms with E-state index < -0.39 is 0 Å². The summed E-state index contributed by atoms with van der Waals surface area (Å²) in [5.41, 5.74) is 0.975. The lowest BCUT2D eigenvalue weighted by molar-refractivity contribution is 0.439. The first-order chi connectivity index (χ1) is 8.78. The van der Waals surface area contributed by atoms with Crippen molar-refractivity contribution >= 4 is 26.7 Å². The number of nitrogens with zero attached hydrogens (tertiary/aromatic N) is 1. The molecule has 1 aromatic heterocycles. The predicted octanol–water partition coefficient (Wildman–Crippen LogP) is 3.60. The fourth-order valence-corrected chi connectivity index (χ4v) is 4.52. The van der Waals surface area contributed by atoms with E-state index in [1.807, 2.05) is 6.07 Å². The van der Waals surface area contributed by atoms with Gasteiger partial charge >= 0.3 is 0 Å². The highest BCUT2D eigenvalue weighted by Gasteiger charge is 2.39. The molecule has 0 radical (unpaired) electrons. The van der Waals surface area contributed by atoms with Crippen molar-refractivity contribution in [1.29, 1.82) is 0 Å². The molecule has 2 aromatic rings. The molecule has 2 aliphatic carbocycles. The van der Waals surface area contributed by atoms with E-state index in [1.165, 1.54) is 25.7 Å². The molecule has 4 heteroatoms. The van der Waals surface area contributed by atoms with Gasteiger partial charge in [-0.05, 0) is 49.3 Å². The van der Waals surface area contributed by atoms with Gasteiger partial charge in [0.2, 0.25) is 0 Å². The lowest BCUT2D eigenvalue weighted by atomic mass is 9.96. The number of hydrogen-bond donors (Lipinski definition) is 2. The number of aromatic nitrogens is 1. The van der Waals surface area contributed by atoms with Crippen molar-refractivity contribution in [3.8, 4) is 5.75 Å². The van der Waals surface area contributed by atoms with Crippen LogP contribution in [0, 0.1) is 11.8 Å². The monoisotopic (exact) mass is 260 g/mol. The third-order valence-corrected chi connectivity index (χ3v) is 5.37. The number of thiazole rings is 1. The summed E-state index contributed by atoms with van der Waals surface area (Å²) < 4.78 is 1.06.